The van der Waals surface area contributed by atoms with Gasteiger partial charge >= 0.3 is 0 Å². The maximum atomic E-state index is 13.0. The van der Waals surface area contributed by atoms with Crippen molar-refractivity contribution in [1.29, 1.82) is 0 Å². The van der Waals surface area contributed by atoms with Crippen LogP contribution in [0.1, 0.15) is 77.6 Å². The van der Waals surface area contributed by atoms with Crippen LogP contribution in [-0.2, 0) is 9.59 Å². The molecule has 0 saturated carbocycles. The summed E-state index contributed by atoms with van der Waals surface area (Å²) in [6.45, 7) is 12.5. The smallest absolute Gasteiger partial charge is 0.254 e. The van der Waals surface area contributed by atoms with E-state index in [4.69, 9.17) is 18.7 Å². The first-order chi connectivity index (χ1) is 22.0. The molecule has 3 aromatic rings. The average Bonchev–Trinajstić information content (AvgIpc) is 3.42. The van der Waals surface area contributed by atoms with E-state index in [2.05, 4.69) is 33.3 Å². The Balaban J connectivity index is 1.46. The van der Waals surface area contributed by atoms with Gasteiger partial charge < -0.3 is 34.3 Å². The van der Waals surface area contributed by atoms with Gasteiger partial charge in [0.25, 0.3) is 5.91 Å². The molecular weight excluding hydrogens is 610 g/mol. The van der Waals surface area contributed by atoms with Gasteiger partial charge in [-0.25, -0.2) is 0 Å². The number of benzene rings is 2. The number of hydrogen-bond acceptors (Lipinski definition) is 10. The largest absolute Gasteiger partial charge is 0.493 e. The van der Waals surface area contributed by atoms with Crippen LogP contribution in [0.25, 0.3) is 11.0 Å². The Kier molecular flexibility index (Phi) is 14.0. The quantitative estimate of drug-likeness (QED) is 0.105. The molecule has 0 radical (unpaired) electrons. The summed E-state index contributed by atoms with van der Waals surface area (Å²) in [6, 6.07) is 9.37. The van der Waals surface area contributed by atoms with E-state index >= 15 is 0 Å². The SMILES string of the molecule is CCC[C@H](NS)C(=O)N[C@@H](C)C(=O)Nc1noc2cc(OCCCCOc3ccc(C(=O)N(C(C)C)C(C)C)cc3OC)ccc12. The molecule has 46 heavy (non-hydrogen) atoms. The number of carbonyl (C=O) groups is 3. The third-order valence-corrected chi connectivity index (χ3v) is 7.62. The van der Waals surface area contributed by atoms with Gasteiger partial charge in [-0.3, -0.25) is 19.1 Å². The Hall–Kier alpha value is -3.97. The standard InChI is InChI=1S/C33H47N5O7S/c1-8-11-26(37-46)32(40)34-22(6)31(39)35-30-25-14-13-24(19-28(25)45-36-30)43-16-9-10-17-44-27-15-12-23(18-29(27)42-7)33(41)38(20(2)3)21(4)5/h12-15,18-22,26,37,46H,8-11,16-17H2,1-7H3,(H,34,40)(H,35,36,39)/t22-,26-/m0/s1. The van der Waals surface area contributed by atoms with Crippen LogP contribution >= 0.6 is 12.8 Å². The lowest BCUT2D eigenvalue weighted by Gasteiger charge is -2.31. The van der Waals surface area contributed by atoms with Crippen LogP contribution in [0.3, 0.4) is 0 Å². The third kappa shape index (κ3) is 9.76. The number of rotatable bonds is 18. The fraction of sp³-hybridized carbons (Fsp3) is 0.515. The summed E-state index contributed by atoms with van der Waals surface area (Å²) in [5.41, 5.74) is 1.01. The molecule has 3 rings (SSSR count). The zero-order valence-corrected chi connectivity index (χ0v) is 28.6. The van der Waals surface area contributed by atoms with Gasteiger partial charge in [0.05, 0.1) is 31.8 Å². The molecular formula is C33H47N5O7S. The maximum Gasteiger partial charge on any atom is 0.254 e. The molecule has 0 aliphatic carbocycles. The van der Waals surface area contributed by atoms with Crippen molar-refractivity contribution in [3.8, 4) is 17.2 Å². The van der Waals surface area contributed by atoms with Crippen LogP contribution in [-0.4, -0.2) is 72.3 Å². The highest BCUT2D eigenvalue weighted by atomic mass is 32.1. The van der Waals surface area contributed by atoms with Crippen molar-refractivity contribution in [1.82, 2.24) is 20.1 Å². The van der Waals surface area contributed by atoms with Crippen LogP contribution in [0.4, 0.5) is 5.82 Å². The van der Waals surface area contributed by atoms with Crippen LogP contribution in [0.2, 0.25) is 0 Å². The first-order valence-corrected chi connectivity index (χ1v) is 16.1. The first kappa shape index (κ1) is 36.5. The van der Waals surface area contributed by atoms with Crippen LogP contribution in [0.5, 0.6) is 17.2 Å². The Bertz CT molecular complexity index is 1450. The summed E-state index contributed by atoms with van der Waals surface area (Å²) < 4.78 is 25.4. The number of nitrogens with one attached hydrogen (secondary N) is 3. The lowest BCUT2D eigenvalue weighted by atomic mass is 10.1. The number of fused-ring (bicyclic) bond motifs is 1. The molecule has 2 atom stereocenters. The second-order valence-electron chi connectivity index (χ2n) is 11.5. The molecule has 1 aromatic heterocycles. The number of amides is 3. The summed E-state index contributed by atoms with van der Waals surface area (Å²) in [7, 11) is 1.56. The Morgan fingerprint density at radius 1 is 0.935 bits per heavy atom. The lowest BCUT2D eigenvalue weighted by Crippen LogP contribution is -2.48. The highest BCUT2D eigenvalue weighted by Crippen LogP contribution is 2.30. The molecule has 13 heteroatoms. The predicted molar refractivity (Wildman–Crippen MR) is 181 cm³/mol. The molecule has 0 saturated heterocycles. The molecule has 0 aliphatic rings. The van der Waals surface area contributed by atoms with E-state index in [1.165, 1.54) is 0 Å². The maximum absolute atomic E-state index is 13.0. The molecule has 3 N–H and O–H groups in total. The van der Waals surface area contributed by atoms with Gasteiger partial charge in [0.15, 0.2) is 22.9 Å². The van der Waals surface area contributed by atoms with Crippen molar-refractivity contribution < 1.29 is 33.1 Å². The van der Waals surface area contributed by atoms with Gasteiger partial charge in [0.2, 0.25) is 11.8 Å². The molecule has 2 aromatic carbocycles. The summed E-state index contributed by atoms with van der Waals surface area (Å²) >= 11 is 4.00. The van der Waals surface area contributed by atoms with E-state index in [0.29, 0.717) is 53.4 Å². The fourth-order valence-electron chi connectivity index (χ4n) is 4.96. The van der Waals surface area contributed by atoms with Gasteiger partial charge in [-0.05, 0) is 84.2 Å². The zero-order valence-electron chi connectivity index (χ0n) is 27.7. The number of hydrogen-bond donors (Lipinski definition) is 4. The Labute approximate surface area is 276 Å². The monoisotopic (exact) mass is 657 g/mol. The van der Waals surface area contributed by atoms with Crippen LogP contribution in [0, 0.1) is 0 Å². The number of unbranched alkanes of at least 4 members (excludes halogenated alkanes) is 1. The highest BCUT2D eigenvalue weighted by molar-refractivity contribution is 7.78. The predicted octanol–water partition coefficient (Wildman–Crippen LogP) is 5.38. The van der Waals surface area contributed by atoms with Crippen LogP contribution in [0.15, 0.2) is 40.9 Å². The van der Waals surface area contributed by atoms with Crippen molar-refractivity contribution in [2.24, 2.45) is 0 Å². The Morgan fingerprint density at radius 3 is 2.26 bits per heavy atom. The topological polar surface area (TPSA) is 144 Å². The summed E-state index contributed by atoms with van der Waals surface area (Å²) in [6.07, 6.45) is 2.86. The summed E-state index contributed by atoms with van der Waals surface area (Å²) in [4.78, 5) is 39.9. The third-order valence-electron chi connectivity index (χ3n) is 7.31. The van der Waals surface area contributed by atoms with Crippen molar-refractivity contribution in [3.63, 3.8) is 0 Å². The second-order valence-corrected chi connectivity index (χ2v) is 11.8. The van der Waals surface area contributed by atoms with Crippen molar-refractivity contribution in [2.75, 3.05) is 25.6 Å². The minimum atomic E-state index is -0.790. The van der Waals surface area contributed by atoms with Gasteiger partial charge in [-0.15, -0.1) is 0 Å². The van der Waals surface area contributed by atoms with Gasteiger partial charge in [-0.2, -0.15) is 0 Å². The van der Waals surface area contributed by atoms with E-state index in [9.17, 15) is 14.4 Å². The van der Waals surface area contributed by atoms with E-state index in [1.807, 2.05) is 39.5 Å². The van der Waals surface area contributed by atoms with Gasteiger partial charge in [0.1, 0.15) is 11.8 Å². The molecule has 0 unspecified atom stereocenters. The molecule has 3 amide bonds. The van der Waals surface area contributed by atoms with Crippen molar-refractivity contribution >= 4 is 47.3 Å². The lowest BCUT2D eigenvalue weighted by molar-refractivity contribution is -0.127. The fourth-order valence-corrected chi connectivity index (χ4v) is 5.20. The van der Waals surface area contributed by atoms with Crippen molar-refractivity contribution in [2.45, 2.75) is 91.4 Å². The molecule has 0 fully saturated rings. The normalized spacial score (nSPS) is 12.6. The first-order valence-electron chi connectivity index (χ1n) is 15.7. The minimum Gasteiger partial charge on any atom is -0.493 e. The molecule has 252 valence electrons. The summed E-state index contributed by atoms with van der Waals surface area (Å²) in [5, 5.41) is 9.97. The average molecular weight is 658 g/mol. The molecule has 0 bridgehead atoms. The number of anilines is 1. The number of thiol groups is 1. The Morgan fingerprint density at radius 2 is 1.63 bits per heavy atom. The number of methoxy groups -OCH3 is 1. The minimum absolute atomic E-state index is 0.0463. The van der Waals surface area contributed by atoms with Gasteiger partial charge in [0, 0.05) is 23.7 Å². The van der Waals surface area contributed by atoms with E-state index < -0.39 is 18.0 Å². The molecule has 0 spiro atoms. The van der Waals surface area contributed by atoms with Crippen LogP contribution < -0.4 is 29.6 Å². The van der Waals surface area contributed by atoms with E-state index in [0.717, 1.165) is 19.3 Å². The van der Waals surface area contributed by atoms with E-state index in [-0.39, 0.29) is 29.7 Å². The molecule has 1 heterocycles. The molecule has 12 nitrogen and oxygen atoms in total. The van der Waals surface area contributed by atoms with Gasteiger partial charge in [-0.1, -0.05) is 31.3 Å². The van der Waals surface area contributed by atoms with E-state index in [1.54, 1.807) is 50.4 Å². The number of ether oxygens (including phenoxy) is 3. The summed E-state index contributed by atoms with van der Waals surface area (Å²) in [5.74, 6) is 1.17. The number of aromatic nitrogens is 1. The number of carbonyl (C=O) groups excluding carboxylic acids is 3. The second kappa shape index (κ2) is 17.7. The highest BCUT2D eigenvalue weighted by Gasteiger charge is 2.24. The number of nitrogens with zero attached hydrogens (tertiary/aromatic N) is 2. The van der Waals surface area contributed by atoms with Crippen molar-refractivity contribution in [3.05, 3.63) is 42.0 Å². The zero-order chi connectivity index (χ0) is 33.8. The molecule has 0 aliphatic heterocycles.